The van der Waals surface area contributed by atoms with Crippen molar-refractivity contribution in [3.63, 3.8) is 0 Å². The van der Waals surface area contributed by atoms with Gasteiger partial charge in [-0.3, -0.25) is 15.1 Å². The first-order valence-electron chi connectivity index (χ1n) is 3.71. The van der Waals surface area contributed by atoms with Crippen LogP contribution in [0.5, 0.6) is 0 Å². The van der Waals surface area contributed by atoms with Gasteiger partial charge >= 0.3 is 11.9 Å². The lowest BCUT2D eigenvalue weighted by atomic mass is 10.1. The fraction of sp³-hybridized carbons (Fsp3) is 0.111. The summed E-state index contributed by atoms with van der Waals surface area (Å²) in [6.07, 6.45) is 0. The van der Waals surface area contributed by atoms with Crippen LogP contribution in [0.3, 0.4) is 0 Å². The second kappa shape index (κ2) is 4.24. The second-order valence-electron chi connectivity index (χ2n) is 2.45. The molecule has 0 spiro atoms. The van der Waals surface area contributed by atoms with E-state index in [-0.39, 0.29) is 0 Å². The van der Waals surface area contributed by atoms with E-state index in [1.54, 1.807) is 24.3 Å². The van der Waals surface area contributed by atoms with Gasteiger partial charge in [0.05, 0.1) is 0 Å². The normalized spacial score (nSPS) is 11.4. The maximum atomic E-state index is 11.1. The summed E-state index contributed by atoms with van der Waals surface area (Å²) < 4.78 is 0. The number of rotatable bonds is 2. The Hall–Kier alpha value is -1.86. The number of benzene rings is 1. The quantitative estimate of drug-likeness (QED) is 0.300. The molecular formula is C9H9N3O. The first-order chi connectivity index (χ1) is 6.29. The van der Waals surface area contributed by atoms with Crippen molar-refractivity contribution in [1.82, 2.24) is 5.43 Å². The van der Waals surface area contributed by atoms with Crippen molar-refractivity contribution < 1.29 is 4.79 Å². The highest BCUT2D eigenvalue weighted by Crippen LogP contribution is 2.16. The highest BCUT2D eigenvalue weighted by molar-refractivity contribution is 5.84. The molecule has 66 valence electrons. The maximum Gasteiger partial charge on any atom is 0.326 e. The number of nitrogens with two attached hydrogens (primary N) is 1. The summed E-state index contributed by atoms with van der Waals surface area (Å²) in [4.78, 5) is 14.3. The van der Waals surface area contributed by atoms with E-state index in [9.17, 15) is 4.79 Å². The molecule has 1 aromatic rings. The van der Waals surface area contributed by atoms with E-state index >= 15 is 0 Å². The number of carbonyl (C=O) groups excluding carboxylic acids is 1. The molecule has 0 fully saturated rings. The third kappa shape index (κ3) is 2.04. The topological polar surface area (TPSA) is 59.5 Å². The Bertz CT molecular complexity index is 328. The number of hydrogen-bond donors (Lipinski definition) is 2. The monoisotopic (exact) mass is 175 g/mol. The van der Waals surface area contributed by atoms with Crippen molar-refractivity contribution in [3.05, 3.63) is 47.3 Å². The molecule has 3 N–H and O–H groups in total. The number of nitrogens with zero attached hydrogens (tertiary/aromatic N) is 1. The van der Waals surface area contributed by atoms with Crippen LogP contribution in [0.15, 0.2) is 30.3 Å². The van der Waals surface area contributed by atoms with Gasteiger partial charge in [0.15, 0.2) is 0 Å². The molecule has 0 aliphatic heterocycles. The maximum absolute atomic E-state index is 11.1. The Morgan fingerprint density at radius 2 is 2.08 bits per heavy atom. The van der Waals surface area contributed by atoms with Crippen LogP contribution in [-0.2, 0) is 4.79 Å². The van der Waals surface area contributed by atoms with E-state index in [2.05, 4.69) is 4.85 Å². The van der Waals surface area contributed by atoms with Crippen LogP contribution in [0.25, 0.3) is 4.85 Å². The summed E-state index contributed by atoms with van der Waals surface area (Å²) in [5.41, 5.74) is 2.61. The van der Waals surface area contributed by atoms with Gasteiger partial charge < -0.3 is 0 Å². The third-order valence-corrected chi connectivity index (χ3v) is 1.64. The molecule has 0 heterocycles. The van der Waals surface area contributed by atoms with Gasteiger partial charge in [-0.1, -0.05) is 30.3 Å². The molecule has 1 rings (SSSR count). The Morgan fingerprint density at radius 1 is 1.46 bits per heavy atom. The van der Waals surface area contributed by atoms with E-state index in [1.165, 1.54) is 0 Å². The van der Waals surface area contributed by atoms with E-state index in [1.807, 2.05) is 11.5 Å². The Morgan fingerprint density at radius 3 is 2.54 bits per heavy atom. The predicted molar refractivity (Wildman–Crippen MR) is 48.1 cm³/mol. The molecular weight excluding hydrogens is 166 g/mol. The zero-order chi connectivity index (χ0) is 9.68. The molecule has 0 aliphatic carbocycles. The first kappa shape index (κ1) is 9.23. The minimum Gasteiger partial charge on any atom is -0.298 e. The van der Waals surface area contributed by atoms with E-state index in [0.717, 1.165) is 0 Å². The van der Waals surface area contributed by atoms with Crippen LogP contribution in [0.2, 0.25) is 0 Å². The predicted octanol–water partition coefficient (Wildman–Crippen LogP) is 0.637. The van der Waals surface area contributed by atoms with Gasteiger partial charge in [0.1, 0.15) is 0 Å². The average molecular weight is 175 g/mol. The van der Waals surface area contributed by atoms with E-state index < -0.39 is 11.9 Å². The third-order valence-electron chi connectivity index (χ3n) is 1.64. The summed E-state index contributed by atoms with van der Waals surface area (Å²) in [6.45, 7) is 6.84. The standard InChI is InChI=1S/C9H9N3O/c1-11-8(9(13)12-10)7-5-3-2-4-6-7/h2-6,8H,10H2,(H,12,13). The summed E-state index contributed by atoms with van der Waals surface area (Å²) in [6, 6.07) is 7.97. The lowest BCUT2D eigenvalue weighted by Crippen LogP contribution is -2.33. The molecule has 1 unspecified atom stereocenters. The number of hydrogen-bond acceptors (Lipinski definition) is 2. The Balaban J connectivity index is 2.93. The van der Waals surface area contributed by atoms with Gasteiger partial charge in [-0.25, -0.2) is 12.4 Å². The summed E-state index contributed by atoms with van der Waals surface area (Å²) >= 11 is 0. The van der Waals surface area contributed by atoms with Gasteiger partial charge in [0.25, 0.3) is 0 Å². The van der Waals surface area contributed by atoms with Crippen LogP contribution >= 0.6 is 0 Å². The molecule has 0 aliphatic rings. The van der Waals surface area contributed by atoms with Crippen LogP contribution in [0.4, 0.5) is 0 Å². The smallest absolute Gasteiger partial charge is 0.298 e. The summed E-state index contributed by atoms with van der Waals surface area (Å²) in [5, 5.41) is 0. The van der Waals surface area contributed by atoms with Crippen LogP contribution in [-0.4, -0.2) is 5.91 Å². The molecule has 4 nitrogen and oxygen atoms in total. The fourth-order valence-corrected chi connectivity index (χ4v) is 0.999. The highest BCUT2D eigenvalue weighted by Gasteiger charge is 2.23. The molecule has 0 radical (unpaired) electrons. The number of hydrazine groups is 1. The molecule has 1 amide bonds. The first-order valence-corrected chi connectivity index (χ1v) is 3.71. The summed E-state index contributed by atoms with van der Waals surface area (Å²) in [5.74, 6) is 4.46. The number of amides is 1. The second-order valence-corrected chi connectivity index (χ2v) is 2.45. The van der Waals surface area contributed by atoms with Gasteiger partial charge in [0.2, 0.25) is 0 Å². The Kier molecular flexibility index (Phi) is 3.01. The van der Waals surface area contributed by atoms with Crippen molar-refractivity contribution in [1.29, 1.82) is 0 Å². The zero-order valence-corrected chi connectivity index (χ0v) is 6.90. The van der Waals surface area contributed by atoms with E-state index in [4.69, 9.17) is 12.4 Å². The van der Waals surface area contributed by atoms with Crippen LogP contribution in [0, 0.1) is 6.57 Å². The van der Waals surface area contributed by atoms with Gasteiger partial charge in [0, 0.05) is 5.56 Å². The lowest BCUT2D eigenvalue weighted by molar-refractivity contribution is -0.121. The number of carbonyl (C=O) groups is 1. The van der Waals surface area contributed by atoms with Gasteiger partial charge in [-0.15, -0.1) is 0 Å². The van der Waals surface area contributed by atoms with Crippen molar-refractivity contribution in [2.45, 2.75) is 6.04 Å². The minimum atomic E-state index is -0.841. The molecule has 0 saturated carbocycles. The fourth-order valence-electron chi connectivity index (χ4n) is 0.999. The molecule has 1 atom stereocenters. The zero-order valence-electron chi connectivity index (χ0n) is 6.90. The molecule has 4 heteroatoms. The van der Waals surface area contributed by atoms with Gasteiger partial charge in [-0.05, 0) is 0 Å². The summed E-state index contributed by atoms with van der Waals surface area (Å²) in [7, 11) is 0. The van der Waals surface area contributed by atoms with Crippen molar-refractivity contribution >= 4 is 5.91 Å². The van der Waals surface area contributed by atoms with Crippen LogP contribution in [0.1, 0.15) is 11.6 Å². The molecule has 0 bridgehead atoms. The van der Waals surface area contributed by atoms with Crippen molar-refractivity contribution in [3.8, 4) is 0 Å². The van der Waals surface area contributed by atoms with Crippen molar-refractivity contribution in [2.75, 3.05) is 0 Å². The number of nitrogens with one attached hydrogen (secondary N) is 1. The largest absolute Gasteiger partial charge is 0.326 e. The van der Waals surface area contributed by atoms with Crippen molar-refractivity contribution in [2.24, 2.45) is 5.84 Å². The molecule has 0 saturated heterocycles. The molecule has 0 aromatic heterocycles. The van der Waals surface area contributed by atoms with Gasteiger partial charge in [-0.2, -0.15) is 0 Å². The minimum absolute atomic E-state index is 0.485. The molecule has 1 aromatic carbocycles. The van der Waals surface area contributed by atoms with E-state index in [0.29, 0.717) is 5.56 Å². The SMILES string of the molecule is [C-]#[N+]C(C(=O)NN)c1ccccc1. The van der Waals surface area contributed by atoms with Crippen LogP contribution < -0.4 is 11.3 Å². The lowest BCUT2D eigenvalue weighted by Gasteiger charge is -2.02. The molecule has 13 heavy (non-hydrogen) atoms. The Labute approximate surface area is 76.2 Å². The average Bonchev–Trinajstić information content (AvgIpc) is 2.20. The highest BCUT2D eigenvalue weighted by atomic mass is 16.2.